The molecule has 0 aromatic carbocycles. The largest absolute Gasteiger partial charge is 0.299 e. The molecule has 0 radical (unpaired) electrons. The standard InChI is InChI=1S/C9H15NO3/c1-7-2-3-8(9(11)6-7)4-5-10(12)13/h7-8H,2-6H2,1H3/t7-,8+/m1/s1. The monoisotopic (exact) mass is 185 g/mol. The van der Waals surface area contributed by atoms with Crippen molar-refractivity contribution in [1.82, 2.24) is 0 Å². The number of carbonyl (C=O) groups is 1. The number of nitro groups is 1. The topological polar surface area (TPSA) is 60.2 Å². The zero-order valence-electron chi connectivity index (χ0n) is 7.86. The third-order valence-corrected chi connectivity index (χ3v) is 2.67. The molecule has 1 saturated carbocycles. The highest BCUT2D eigenvalue weighted by atomic mass is 16.6. The summed E-state index contributed by atoms with van der Waals surface area (Å²) in [6.07, 6.45) is 2.92. The van der Waals surface area contributed by atoms with Crippen LogP contribution in [-0.2, 0) is 4.79 Å². The molecular formula is C9H15NO3. The van der Waals surface area contributed by atoms with E-state index in [4.69, 9.17) is 0 Å². The van der Waals surface area contributed by atoms with Crippen LogP contribution in [0.15, 0.2) is 0 Å². The molecule has 0 aromatic heterocycles. The van der Waals surface area contributed by atoms with E-state index in [1.165, 1.54) is 0 Å². The average molecular weight is 185 g/mol. The Labute approximate surface area is 77.5 Å². The lowest BCUT2D eigenvalue weighted by atomic mass is 9.80. The lowest BCUT2D eigenvalue weighted by molar-refractivity contribution is -0.481. The summed E-state index contributed by atoms with van der Waals surface area (Å²) in [6, 6.07) is 0. The van der Waals surface area contributed by atoms with Crippen molar-refractivity contribution in [2.24, 2.45) is 11.8 Å². The van der Waals surface area contributed by atoms with Crippen molar-refractivity contribution in [3.63, 3.8) is 0 Å². The van der Waals surface area contributed by atoms with Gasteiger partial charge in [0.1, 0.15) is 5.78 Å². The Kier molecular flexibility index (Phi) is 3.39. The predicted molar refractivity (Wildman–Crippen MR) is 48.0 cm³/mol. The normalized spacial score (nSPS) is 28.8. The fourth-order valence-electron chi connectivity index (χ4n) is 1.83. The van der Waals surface area contributed by atoms with Crippen LogP contribution in [0, 0.1) is 22.0 Å². The summed E-state index contributed by atoms with van der Waals surface area (Å²) >= 11 is 0. The van der Waals surface area contributed by atoms with Gasteiger partial charge in [0.15, 0.2) is 0 Å². The molecule has 4 heteroatoms. The fraction of sp³-hybridized carbons (Fsp3) is 0.889. The number of rotatable bonds is 3. The smallest absolute Gasteiger partial charge is 0.204 e. The van der Waals surface area contributed by atoms with Gasteiger partial charge in [0.05, 0.1) is 0 Å². The molecule has 0 N–H and O–H groups in total. The highest BCUT2D eigenvalue weighted by Crippen LogP contribution is 2.27. The molecule has 0 aliphatic heterocycles. The van der Waals surface area contributed by atoms with Gasteiger partial charge in [-0.2, -0.15) is 0 Å². The second-order valence-electron chi connectivity index (χ2n) is 3.89. The van der Waals surface area contributed by atoms with Crippen LogP contribution in [0.25, 0.3) is 0 Å². The van der Waals surface area contributed by atoms with Crippen LogP contribution >= 0.6 is 0 Å². The maximum absolute atomic E-state index is 11.4. The molecule has 1 aliphatic rings. The quantitative estimate of drug-likeness (QED) is 0.496. The minimum Gasteiger partial charge on any atom is -0.299 e. The number of hydrogen-bond donors (Lipinski definition) is 0. The number of ketones is 1. The Bertz CT molecular complexity index is 215. The molecule has 0 amide bonds. The number of carbonyl (C=O) groups excluding carboxylic acids is 1. The molecule has 2 atom stereocenters. The van der Waals surface area contributed by atoms with Gasteiger partial charge in [-0.3, -0.25) is 14.9 Å². The second-order valence-corrected chi connectivity index (χ2v) is 3.89. The first kappa shape index (κ1) is 10.2. The molecule has 0 aromatic rings. The van der Waals surface area contributed by atoms with Crippen molar-refractivity contribution in [3.8, 4) is 0 Å². The molecule has 13 heavy (non-hydrogen) atoms. The van der Waals surface area contributed by atoms with Gasteiger partial charge < -0.3 is 0 Å². The number of Topliss-reactive ketones (excluding diaryl/α,β-unsaturated/α-hetero) is 1. The van der Waals surface area contributed by atoms with Gasteiger partial charge >= 0.3 is 0 Å². The Morgan fingerprint density at radius 3 is 2.77 bits per heavy atom. The minimum atomic E-state index is -0.342. The molecule has 0 spiro atoms. The molecule has 0 saturated heterocycles. The molecule has 1 aliphatic carbocycles. The van der Waals surface area contributed by atoms with E-state index in [0.717, 1.165) is 12.8 Å². The molecule has 74 valence electrons. The summed E-state index contributed by atoms with van der Waals surface area (Å²) < 4.78 is 0. The van der Waals surface area contributed by atoms with Crippen LogP contribution in [0.3, 0.4) is 0 Å². The van der Waals surface area contributed by atoms with E-state index >= 15 is 0 Å². The summed E-state index contributed by atoms with van der Waals surface area (Å²) in [7, 11) is 0. The Balaban J connectivity index is 2.34. The highest BCUT2D eigenvalue weighted by Gasteiger charge is 2.26. The van der Waals surface area contributed by atoms with E-state index in [2.05, 4.69) is 6.92 Å². The van der Waals surface area contributed by atoms with Crippen LogP contribution in [0.5, 0.6) is 0 Å². The number of nitrogens with zero attached hydrogens (tertiary/aromatic N) is 1. The van der Waals surface area contributed by atoms with E-state index in [-0.39, 0.29) is 23.2 Å². The highest BCUT2D eigenvalue weighted by molar-refractivity contribution is 5.81. The SMILES string of the molecule is C[C@@H]1CC[C@@H](CC[N+](=O)[O-])C(=O)C1. The minimum absolute atomic E-state index is 0.0402. The van der Waals surface area contributed by atoms with E-state index in [1.54, 1.807) is 0 Å². The van der Waals surface area contributed by atoms with E-state index < -0.39 is 0 Å². The summed E-state index contributed by atoms with van der Waals surface area (Å²) in [4.78, 5) is 21.2. The van der Waals surface area contributed by atoms with Gasteiger partial charge in [0.25, 0.3) is 0 Å². The Hall–Kier alpha value is -0.930. The van der Waals surface area contributed by atoms with Crippen LogP contribution in [-0.4, -0.2) is 17.3 Å². The van der Waals surface area contributed by atoms with Gasteiger partial charge in [0, 0.05) is 23.7 Å². The average Bonchev–Trinajstić information content (AvgIpc) is 2.02. The first-order valence-corrected chi connectivity index (χ1v) is 4.74. The van der Waals surface area contributed by atoms with Crippen molar-refractivity contribution in [2.45, 2.75) is 32.6 Å². The predicted octanol–water partition coefficient (Wildman–Crippen LogP) is 1.66. The lowest BCUT2D eigenvalue weighted by Gasteiger charge is -2.23. The molecule has 0 bridgehead atoms. The number of hydrogen-bond acceptors (Lipinski definition) is 3. The van der Waals surface area contributed by atoms with Crippen LogP contribution in [0.2, 0.25) is 0 Å². The summed E-state index contributed by atoms with van der Waals surface area (Å²) in [5.41, 5.74) is 0. The molecule has 1 rings (SSSR count). The maximum atomic E-state index is 11.4. The molecule has 4 nitrogen and oxygen atoms in total. The van der Waals surface area contributed by atoms with Gasteiger partial charge in [-0.15, -0.1) is 0 Å². The molecule has 1 fully saturated rings. The zero-order valence-corrected chi connectivity index (χ0v) is 7.86. The van der Waals surface area contributed by atoms with Crippen molar-refractivity contribution in [2.75, 3.05) is 6.54 Å². The zero-order chi connectivity index (χ0) is 9.84. The van der Waals surface area contributed by atoms with Gasteiger partial charge in [0.2, 0.25) is 6.54 Å². The molecule has 0 unspecified atom stereocenters. The van der Waals surface area contributed by atoms with Crippen LogP contribution in [0.4, 0.5) is 0 Å². The van der Waals surface area contributed by atoms with Gasteiger partial charge in [-0.1, -0.05) is 6.92 Å². The van der Waals surface area contributed by atoms with Crippen molar-refractivity contribution in [3.05, 3.63) is 10.1 Å². The van der Waals surface area contributed by atoms with Gasteiger partial charge in [-0.25, -0.2) is 0 Å². The van der Waals surface area contributed by atoms with Crippen molar-refractivity contribution >= 4 is 5.78 Å². The third kappa shape index (κ3) is 3.13. The van der Waals surface area contributed by atoms with E-state index in [0.29, 0.717) is 18.8 Å². The van der Waals surface area contributed by atoms with Crippen molar-refractivity contribution in [1.29, 1.82) is 0 Å². The summed E-state index contributed by atoms with van der Waals surface area (Å²) in [5, 5.41) is 10.1. The van der Waals surface area contributed by atoms with Crippen LogP contribution < -0.4 is 0 Å². The fourth-order valence-corrected chi connectivity index (χ4v) is 1.83. The molecule has 0 heterocycles. The van der Waals surface area contributed by atoms with Crippen LogP contribution in [0.1, 0.15) is 32.6 Å². The molecular weight excluding hydrogens is 170 g/mol. The third-order valence-electron chi connectivity index (χ3n) is 2.67. The first-order chi connectivity index (χ1) is 6.09. The van der Waals surface area contributed by atoms with Gasteiger partial charge in [-0.05, 0) is 18.8 Å². The second kappa shape index (κ2) is 4.35. The van der Waals surface area contributed by atoms with E-state index in [1.807, 2.05) is 0 Å². The Morgan fingerprint density at radius 1 is 1.54 bits per heavy atom. The lowest BCUT2D eigenvalue weighted by Crippen LogP contribution is -2.25. The summed E-state index contributed by atoms with van der Waals surface area (Å²) in [5.74, 6) is 0.654. The first-order valence-electron chi connectivity index (χ1n) is 4.74. The Morgan fingerprint density at radius 2 is 2.23 bits per heavy atom. The van der Waals surface area contributed by atoms with Crippen molar-refractivity contribution < 1.29 is 9.72 Å². The van der Waals surface area contributed by atoms with E-state index in [9.17, 15) is 14.9 Å². The summed E-state index contributed by atoms with van der Waals surface area (Å²) in [6.45, 7) is 1.99. The maximum Gasteiger partial charge on any atom is 0.204 e.